The summed E-state index contributed by atoms with van der Waals surface area (Å²) in [4.78, 5) is 11.1. The maximum atomic E-state index is 12.7. The minimum Gasteiger partial charge on any atom is -0.495 e. The molecule has 0 saturated carbocycles. The molecule has 0 bridgehead atoms. The van der Waals surface area contributed by atoms with Crippen molar-refractivity contribution >= 4 is 5.97 Å². The van der Waals surface area contributed by atoms with E-state index in [0.717, 1.165) is 12.1 Å². The Bertz CT molecular complexity index is 678. The molecule has 1 N–H and O–H groups in total. The third kappa shape index (κ3) is 2.99. The smallest absolute Gasteiger partial charge is 0.416 e. The molecule has 2 rings (SSSR count). The fourth-order valence-electron chi connectivity index (χ4n) is 2.02. The van der Waals surface area contributed by atoms with Crippen molar-refractivity contribution in [2.24, 2.45) is 0 Å². The highest BCUT2D eigenvalue weighted by atomic mass is 19.4. The molecule has 0 radical (unpaired) electrons. The van der Waals surface area contributed by atoms with Gasteiger partial charge in [0, 0.05) is 5.56 Å². The summed E-state index contributed by atoms with van der Waals surface area (Å²) in [7, 11) is 1.28. The maximum absolute atomic E-state index is 12.7. The van der Waals surface area contributed by atoms with Gasteiger partial charge in [0.15, 0.2) is 0 Å². The number of rotatable bonds is 3. The molecule has 0 unspecified atom stereocenters. The first kappa shape index (κ1) is 14.9. The van der Waals surface area contributed by atoms with Gasteiger partial charge >= 0.3 is 12.1 Å². The van der Waals surface area contributed by atoms with E-state index in [4.69, 9.17) is 9.84 Å². The van der Waals surface area contributed by atoms with Crippen LogP contribution in [0.15, 0.2) is 42.5 Å². The van der Waals surface area contributed by atoms with E-state index >= 15 is 0 Å². The predicted molar refractivity (Wildman–Crippen MR) is 70.4 cm³/mol. The van der Waals surface area contributed by atoms with Gasteiger partial charge in [-0.25, -0.2) is 4.79 Å². The molecule has 0 aromatic heterocycles. The van der Waals surface area contributed by atoms with E-state index in [2.05, 4.69) is 0 Å². The first-order valence-electron chi connectivity index (χ1n) is 5.92. The van der Waals surface area contributed by atoms with Gasteiger partial charge in [-0.05, 0) is 23.8 Å². The number of hydrogen-bond donors (Lipinski definition) is 1. The highest BCUT2D eigenvalue weighted by Gasteiger charge is 2.30. The lowest BCUT2D eigenvalue weighted by molar-refractivity contribution is -0.137. The summed E-state index contributed by atoms with van der Waals surface area (Å²) in [6, 6.07) is 8.96. The molecular weight excluding hydrogens is 285 g/mol. The van der Waals surface area contributed by atoms with Crippen molar-refractivity contribution in [3.05, 3.63) is 53.6 Å². The molecule has 3 nitrogen and oxygen atoms in total. The van der Waals surface area contributed by atoms with Crippen LogP contribution in [0.1, 0.15) is 15.9 Å². The first-order chi connectivity index (χ1) is 9.84. The Kier molecular flexibility index (Phi) is 3.88. The Hall–Kier alpha value is -2.50. The lowest BCUT2D eigenvalue weighted by Gasteiger charge is -2.13. The first-order valence-corrected chi connectivity index (χ1v) is 5.92. The van der Waals surface area contributed by atoms with Crippen LogP contribution in [0.4, 0.5) is 13.2 Å². The number of aromatic carboxylic acids is 1. The quantitative estimate of drug-likeness (QED) is 0.928. The second-order valence-electron chi connectivity index (χ2n) is 4.27. The van der Waals surface area contributed by atoms with Crippen molar-refractivity contribution in [1.82, 2.24) is 0 Å². The molecule has 0 amide bonds. The number of methoxy groups -OCH3 is 1. The molecule has 0 fully saturated rings. The Morgan fingerprint density at radius 1 is 1.14 bits per heavy atom. The largest absolute Gasteiger partial charge is 0.495 e. The van der Waals surface area contributed by atoms with Crippen molar-refractivity contribution in [2.45, 2.75) is 6.18 Å². The van der Waals surface area contributed by atoms with Gasteiger partial charge < -0.3 is 9.84 Å². The van der Waals surface area contributed by atoms with Gasteiger partial charge in [0.25, 0.3) is 0 Å². The number of halogens is 3. The maximum Gasteiger partial charge on any atom is 0.416 e. The number of ether oxygens (including phenoxy) is 1. The van der Waals surface area contributed by atoms with Gasteiger partial charge in [-0.15, -0.1) is 0 Å². The zero-order chi connectivity index (χ0) is 15.6. The van der Waals surface area contributed by atoms with Crippen molar-refractivity contribution in [2.75, 3.05) is 7.11 Å². The van der Waals surface area contributed by atoms with Crippen molar-refractivity contribution in [1.29, 1.82) is 0 Å². The zero-order valence-corrected chi connectivity index (χ0v) is 10.9. The van der Waals surface area contributed by atoms with Gasteiger partial charge in [0.2, 0.25) is 0 Å². The predicted octanol–water partition coefficient (Wildman–Crippen LogP) is 4.08. The second-order valence-corrected chi connectivity index (χ2v) is 4.27. The average molecular weight is 296 g/mol. The van der Waals surface area contributed by atoms with E-state index in [9.17, 15) is 18.0 Å². The van der Waals surface area contributed by atoms with E-state index < -0.39 is 17.7 Å². The molecule has 0 aliphatic rings. The third-order valence-electron chi connectivity index (χ3n) is 2.95. The van der Waals surface area contributed by atoms with Gasteiger partial charge in [-0.3, -0.25) is 0 Å². The fourth-order valence-corrected chi connectivity index (χ4v) is 2.02. The fraction of sp³-hybridized carbons (Fsp3) is 0.133. The minimum atomic E-state index is -4.46. The standard InChI is InChI=1S/C15H11F3O3/c1-21-13-11(6-3-7-12(13)14(19)20)9-4-2-5-10(8-9)15(16,17)18/h2-8H,1H3,(H,19,20). The van der Waals surface area contributed by atoms with Crippen LogP contribution in [0.5, 0.6) is 5.75 Å². The highest BCUT2D eigenvalue weighted by Crippen LogP contribution is 2.36. The van der Waals surface area contributed by atoms with Gasteiger partial charge in [0.1, 0.15) is 11.3 Å². The van der Waals surface area contributed by atoms with E-state index in [1.807, 2.05) is 0 Å². The number of para-hydroxylation sites is 1. The molecule has 2 aromatic carbocycles. The number of carboxylic acids is 1. The van der Waals surface area contributed by atoms with Gasteiger partial charge in [-0.1, -0.05) is 24.3 Å². The molecule has 0 saturated heterocycles. The average Bonchev–Trinajstić information content (AvgIpc) is 2.45. The Balaban J connectivity index is 2.62. The third-order valence-corrected chi connectivity index (χ3v) is 2.95. The summed E-state index contributed by atoms with van der Waals surface area (Å²) < 4.78 is 43.3. The molecule has 21 heavy (non-hydrogen) atoms. The Morgan fingerprint density at radius 2 is 1.81 bits per heavy atom. The minimum absolute atomic E-state index is 0.0318. The van der Waals surface area contributed by atoms with E-state index in [-0.39, 0.29) is 16.9 Å². The molecule has 0 atom stereocenters. The molecule has 0 heterocycles. The number of hydrogen-bond acceptors (Lipinski definition) is 2. The van der Waals surface area contributed by atoms with E-state index in [0.29, 0.717) is 5.56 Å². The van der Waals surface area contributed by atoms with E-state index in [1.165, 1.54) is 37.4 Å². The molecule has 0 aliphatic heterocycles. The van der Waals surface area contributed by atoms with Crippen LogP contribution >= 0.6 is 0 Å². The molecule has 110 valence electrons. The van der Waals surface area contributed by atoms with Crippen LogP contribution in [-0.2, 0) is 6.18 Å². The summed E-state index contributed by atoms with van der Waals surface area (Å²) in [5, 5.41) is 9.09. The van der Waals surface area contributed by atoms with Crippen LogP contribution < -0.4 is 4.74 Å². The van der Waals surface area contributed by atoms with Crippen molar-refractivity contribution < 1.29 is 27.8 Å². The number of carbonyl (C=O) groups is 1. The molecular formula is C15H11F3O3. The normalized spacial score (nSPS) is 11.2. The van der Waals surface area contributed by atoms with E-state index in [1.54, 1.807) is 0 Å². The van der Waals surface area contributed by atoms with Crippen molar-refractivity contribution in [3.63, 3.8) is 0 Å². The number of alkyl halides is 3. The van der Waals surface area contributed by atoms with Crippen LogP contribution in [0, 0.1) is 0 Å². The highest BCUT2D eigenvalue weighted by molar-refractivity contribution is 5.94. The van der Waals surface area contributed by atoms with Crippen LogP contribution in [0.2, 0.25) is 0 Å². The van der Waals surface area contributed by atoms with Gasteiger partial charge in [0.05, 0.1) is 12.7 Å². The molecule has 2 aromatic rings. The second kappa shape index (κ2) is 5.47. The summed E-state index contributed by atoms with van der Waals surface area (Å²) in [5.74, 6) is -1.18. The Morgan fingerprint density at radius 3 is 2.38 bits per heavy atom. The summed E-state index contributed by atoms with van der Waals surface area (Å²) in [6.45, 7) is 0. The zero-order valence-electron chi connectivity index (χ0n) is 10.9. The van der Waals surface area contributed by atoms with Crippen LogP contribution in [0.3, 0.4) is 0 Å². The topological polar surface area (TPSA) is 46.5 Å². The van der Waals surface area contributed by atoms with Crippen LogP contribution in [-0.4, -0.2) is 18.2 Å². The summed E-state index contributed by atoms with van der Waals surface area (Å²) in [6.07, 6.45) is -4.46. The SMILES string of the molecule is COc1c(C(=O)O)cccc1-c1cccc(C(F)(F)F)c1. The summed E-state index contributed by atoms with van der Waals surface area (Å²) >= 11 is 0. The molecule has 6 heteroatoms. The molecule has 0 aliphatic carbocycles. The lowest BCUT2D eigenvalue weighted by atomic mass is 9.99. The number of carboxylic acid groups (broad SMARTS) is 1. The molecule has 0 spiro atoms. The monoisotopic (exact) mass is 296 g/mol. The summed E-state index contributed by atoms with van der Waals surface area (Å²) in [5.41, 5.74) is -0.372. The van der Waals surface area contributed by atoms with Crippen molar-refractivity contribution in [3.8, 4) is 16.9 Å². The van der Waals surface area contributed by atoms with Gasteiger partial charge in [-0.2, -0.15) is 13.2 Å². The number of benzene rings is 2. The Labute approximate surface area is 118 Å². The lowest BCUT2D eigenvalue weighted by Crippen LogP contribution is -2.05. The van der Waals surface area contributed by atoms with Crippen LogP contribution in [0.25, 0.3) is 11.1 Å².